The molecule has 30 heavy (non-hydrogen) atoms. The van der Waals surface area contributed by atoms with E-state index in [1.54, 1.807) is 0 Å². The van der Waals surface area contributed by atoms with Crippen molar-refractivity contribution < 1.29 is 31.1 Å². The number of halogens is 7. The van der Waals surface area contributed by atoms with E-state index in [4.69, 9.17) is 4.74 Å². The van der Waals surface area contributed by atoms with Crippen molar-refractivity contribution in [2.45, 2.75) is 56.9 Å². The van der Waals surface area contributed by atoms with Crippen LogP contribution in [0.2, 0.25) is 0 Å². The standard InChI is InChI=1S/C21H21F6NO.ClH/c1-13-7-8-18(19(28-13)15-5-3-2-4-6-15)29-12-14-9-16(20(22,23)24)11-17(10-14)21(25,26)27;/h2-6,9-11,13,18-19,28H,7-8,12H2,1H3;1H. The number of alkyl halides is 6. The topological polar surface area (TPSA) is 21.3 Å². The number of piperidine rings is 1. The van der Waals surface area contributed by atoms with E-state index in [1.807, 2.05) is 37.3 Å². The van der Waals surface area contributed by atoms with Crippen molar-refractivity contribution in [1.29, 1.82) is 0 Å². The third-order valence-electron chi connectivity index (χ3n) is 4.99. The van der Waals surface area contributed by atoms with Gasteiger partial charge in [0.2, 0.25) is 0 Å². The lowest BCUT2D eigenvalue weighted by Crippen LogP contribution is -2.44. The summed E-state index contributed by atoms with van der Waals surface area (Å²) in [5, 5.41) is 3.41. The maximum atomic E-state index is 13.0. The number of hydrogen-bond acceptors (Lipinski definition) is 2. The molecule has 9 heteroatoms. The minimum atomic E-state index is -4.87. The molecule has 2 aromatic carbocycles. The Labute approximate surface area is 177 Å². The molecular formula is C21H22ClF6NO. The molecule has 0 aromatic heterocycles. The van der Waals surface area contributed by atoms with Crippen molar-refractivity contribution in [1.82, 2.24) is 5.32 Å². The van der Waals surface area contributed by atoms with Gasteiger partial charge in [-0.2, -0.15) is 26.3 Å². The highest BCUT2D eigenvalue weighted by atomic mass is 35.5. The summed E-state index contributed by atoms with van der Waals surface area (Å²) in [5.74, 6) is 0. The van der Waals surface area contributed by atoms with Gasteiger partial charge in [-0.25, -0.2) is 0 Å². The number of rotatable bonds is 4. The van der Waals surface area contributed by atoms with Crippen LogP contribution in [-0.4, -0.2) is 12.1 Å². The van der Waals surface area contributed by atoms with E-state index in [0.29, 0.717) is 18.6 Å². The molecular weight excluding hydrogens is 432 g/mol. The molecule has 1 aliphatic heterocycles. The van der Waals surface area contributed by atoms with Crippen LogP contribution in [0.15, 0.2) is 48.5 Å². The van der Waals surface area contributed by atoms with E-state index in [1.165, 1.54) is 0 Å². The van der Waals surface area contributed by atoms with Crippen molar-refractivity contribution >= 4 is 12.4 Å². The zero-order valence-electron chi connectivity index (χ0n) is 16.1. The number of nitrogens with one attached hydrogen (secondary N) is 1. The molecule has 1 aliphatic rings. The SMILES string of the molecule is CC1CCC(OCc2cc(C(F)(F)F)cc(C(F)(F)F)c2)C(c2ccccc2)N1.Cl. The Balaban J connectivity index is 0.00000320. The second-order valence-corrected chi connectivity index (χ2v) is 7.30. The molecule has 1 heterocycles. The van der Waals surface area contributed by atoms with E-state index >= 15 is 0 Å². The zero-order chi connectivity index (χ0) is 21.2. The molecule has 3 atom stereocenters. The van der Waals surface area contributed by atoms with Crippen LogP contribution >= 0.6 is 12.4 Å². The molecule has 3 rings (SSSR count). The van der Waals surface area contributed by atoms with Gasteiger partial charge in [-0.15, -0.1) is 12.4 Å². The Morgan fingerprint density at radius 1 is 0.900 bits per heavy atom. The lowest BCUT2D eigenvalue weighted by Gasteiger charge is -2.36. The fourth-order valence-corrected chi connectivity index (χ4v) is 3.53. The molecule has 3 unspecified atom stereocenters. The Kier molecular flexibility index (Phi) is 7.82. The molecule has 0 radical (unpaired) electrons. The van der Waals surface area contributed by atoms with E-state index in [0.717, 1.165) is 12.0 Å². The van der Waals surface area contributed by atoms with Gasteiger partial charge < -0.3 is 10.1 Å². The summed E-state index contributed by atoms with van der Waals surface area (Å²) in [7, 11) is 0. The summed E-state index contributed by atoms with van der Waals surface area (Å²) in [6.07, 6.45) is -8.66. The lowest BCUT2D eigenvalue weighted by molar-refractivity contribution is -0.143. The first kappa shape index (κ1) is 24.5. The highest BCUT2D eigenvalue weighted by Crippen LogP contribution is 2.37. The minimum Gasteiger partial charge on any atom is -0.372 e. The third kappa shape index (κ3) is 6.12. The van der Waals surface area contributed by atoms with Crippen LogP contribution in [0.5, 0.6) is 0 Å². The van der Waals surface area contributed by atoms with Gasteiger partial charge in [0.1, 0.15) is 0 Å². The quantitative estimate of drug-likeness (QED) is 0.530. The third-order valence-corrected chi connectivity index (χ3v) is 4.99. The van der Waals surface area contributed by atoms with Gasteiger partial charge in [-0.3, -0.25) is 0 Å². The average Bonchev–Trinajstić information content (AvgIpc) is 2.66. The summed E-state index contributed by atoms with van der Waals surface area (Å²) in [5.41, 5.74) is -1.86. The molecule has 0 aliphatic carbocycles. The van der Waals surface area contributed by atoms with Gasteiger partial charge in [0, 0.05) is 6.04 Å². The molecule has 0 spiro atoms. The van der Waals surface area contributed by atoms with Crippen LogP contribution in [0.4, 0.5) is 26.3 Å². The maximum absolute atomic E-state index is 13.0. The molecule has 0 bridgehead atoms. The fourth-order valence-electron chi connectivity index (χ4n) is 3.53. The van der Waals surface area contributed by atoms with E-state index in [2.05, 4.69) is 5.32 Å². The second kappa shape index (κ2) is 9.58. The van der Waals surface area contributed by atoms with E-state index in [9.17, 15) is 26.3 Å². The predicted molar refractivity (Wildman–Crippen MR) is 103 cm³/mol. The molecule has 1 N–H and O–H groups in total. The van der Waals surface area contributed by atoms with Gasteiger partial charge in [0.05, 0.1) is 29.9 Å². The normalized spacial score (nSPS) is 22.4. The van der Waals surface area contributed by atoms with Crippen LogP contribution < -0.4 is 5.32 Å². The van der Waals surface area contributed by atoms with E-state index < -0.39 is 23.5 Å². The van der Waals surface area contributed by atoms with Crippen LogP contribution in [0.3, 0.4) is 0 Å². The van der Waals surface area contributed by atoms with Crippen molar-refractivity contribution in [2.75, 3.05) is 0 Å². The van der Waals surface area contributed by atoms with Crippen molar-refractivity contribution in [2.24, 2.45) is 0 Å². The van der Waals surface area contributed by atoms with Gasteiger partial charge in [-0.05, 0) is 49.1 Å². The first-order chi connectivity index (χ1) is 13.5. The highest BCUT2D eigenvalue weighted by molar-refractivity contribution is 5.85. The van der Waals surface area contributed by atoms with Gasteiger partial charge in [0.15, 0.2) is 0 Å². The van der Waals surface area contributed by atoms with Crippen LogP contribution in [-0.2, 0) is 23.7 Å². The maximum Gasteiger partial charge on any atom is 0.416 e. The molecule has 0 saturated carbocycles. The Bertz CT molecular complexity index is 792. The Hall–Kier alpha value is -1.77. The van der Waals surface area contributed by atoms with Crippen molar-refractivity contribution in [3.05, 3.63) is 70.8 Å². The average molecular weight is 454 g/mol. The molecule has 2 aromatic rings. The van der Waals surface area contributed by atoms with Crippen LogP contribution in [0.25, 0.3) is 0 Å². The minimum absolute atomic E-state index is 0. The number of benzene rings is 2. The van der Waals surface area contributed by atoms with Crippen LogP contribution in [0.1, 0.15) is 48.1 Å². The summed E-state index contributed by atoms with van der Waals surface area (Å²) in [6, 6.07) is 11.0. The summed E-state index contributed by atoms with van der Waals surface area (Å²) in [4.78, 5) is 0. The van der Waals surface area contributed by atoms with Crippen LogP contribution in [0, 0.1) is 0 Å². The molecule has 1 saturated heterocycles. The van der Waals surface area contributed by atoms with E-state index in [-0.39, 0.29) is 48.8 Å². The molecule has 166 valence electrons. The van der Waals surface area contributed by atoms with Crippen molar-refractivity contribution in [3.63, 3.8) is 0 Å². The number of ether oxygens (including phenoxy) is 1. The summed E-state index contributed by atoms with van der Waals surface area (Å²) in [6.45, 7) is 1.69. The Morgan fingerprint density at radius 2 is 1.47 bits per heavy atom. The van der Waals surface area contributed by atoms with Gasteiger partial charge in [0.25, 0.3) is 0 Å². The zero-order valence-corrected chi connectivity index (χ0v) is 16.9. The van der Waals surface area contributed by atoms with Crippen molar-refractivity contribution in [3.8, 4) is 0 Å². The predicted octanol–water partition coefficient (Wildman–Crippen LogP) is 6.54. The fraction of sp³-hybridized carbons (Fsp3) is 0.429. The first-order valence-electron chi connectivity index (χ1n) is 9.25. The summed E-state index contributed by atoms with van der Waals surface area (Å²) >= 11 is 0. The lowest BCUT2D eigenvalue weighted by atomic mass is 9.91. The largest absolute Gasteiger partial charge is 0.416 e. The van der Waals surface area contributed by atoms with Gasteiger partial charge in [-0.1, -0.05) is 30.3 Å². The molecule has 1 fully saturated rings. The highest BCUT2D eigenvalue weighted by Gasteiger charge is 2.37. The second-order valence-electron chi connectivity index (χ2n) is 7.30. The first-order valence-corrected chi connectivity index (χ1v) is 9.25. The smallest absolute Gasteiger partial charge is 0.372 e. The molecule has 0 amide bonds. The Morgan fingerprint density at radius 3 is 2.00 bits per heavy atom. The molecule has 2 nitrogen and oxygen atoms in total. The summed E-state index contributed by atoms with van der Waals surface area (Å²) < 4.78 is 84.1. The monoisotopic (exact) mass is 453 g/mol. The van der Waals surface area contributed by atoms with Gasteiger partial charge >= 0.3 is 12.4 Å². The number of hydrogen-bond donors (Lipinski definition) is 1.